The number of nitrogens with zero attached hydrogens (tertiary/aromatic N) is 1. The first-order chi connectivity index (χ1) is 6.71. The maximum Gasteiger partial charge on any atom is 0.219 e. The van der Waals surface area contributed by atoms with Crippen molar-refractivity contribution < 1.29 is 8.42 Å². The summed E-state index contributed by atoms with van der Waals surface area (Å²) in [6.07, 6.45) is 0.914. The fraction of sp³-hybridized carbons (Fsp3) is 1.00. The molecule has 1 aliphatic rings. The van der Waals surface area contributed by atoms with Gasteiger partial charge in [0, 0.05) is 19.1 Å². The third-order valence-corrected chi connectivity index (χ3v) is 5.77. The molecule has 0 aromatic carbocycles. The van der Waals surface area contributed by atoms with E-state index in [2.05, 4.69) is 6.92 Å². The highest BCUT2D eigenvalue weighted by Crippen LogP contribution is 2.31. The molecule has 5 heteroatoms. The van der Waals surface area contributed by atoms with Crippen molar-refractivity contribution >= 4 is 10.0 Å². The molecule has 0 aliphatic carbocycles. The van der Waals surface area contributed by atoms with Gasteiger partial charge in [0.2, 0.25) is 10.0 Å². The van der Waals surface area contributed by atoms with E-state index in [0.717, 1.165) is 6.42 Å². The van der Waals surface area contributed by atoms with E-state index in [9.17, 15) is 8.42 Å². The quantitative estimate of drug-likeness (QED) is 0.768. The van der Waals surface area contributed by atoms with Gasteiger partial charge >= 0.3 is 0 Å². The number of hydrogen-bond acceptors (Lipinski definition) is 3. The lowest BCUT2D eigenvalue weighted by Crippen LogP contribution is -2.48. The van der Waals surface area contributed by atoms with E-state index in [4.69, 9.17) is 5.73 Å². The molecule has 1 saturated heterocycles. The molecule has 1 fully saturated rings. The minimum atomic E-state index is -3.22. The Morgan fingerprint density at radius 3 is 2.33 bits per heavy atom. The van der Waals surface area contributed by atoms with Gasteiger partial charge in [0.25, 0.3) is 0 Å². The maximum absolute atomic E-state index is 12.2. The van der Waals surface area contributed by atoms with Crippen LogP contribution in [0, 0.1) is 5.92 Å². The zero-order chi connectivity index (χ0) is 11.9. The Balaban J connectivity index is 2.99. The van der Waals surface area contributed by atoms with Crippen LogP contribution in [0.2, 0.25) is 0 Å². The maximum atomic E-state index is 12.2. The summed E-state index contributed by atoms with van der Waals surface area (Å²) in [5.74, 6) is 0.368. The molecule has 0 aromatic rings. The highest BCUT2D eigenvalue weighted by Gasteiger charge is 2.43. The summed E-state index contributed by atoms with van der Waals surface area (Å²) in [4.78, 5) is 0. The zero-order valence-corrected chi connectivity index (χ0v) is 10.8. The Kier molecular flexibility index (Phi) is 3.48. The van der Waals surface area contributed by atoms with Crippen LogP contribution in [0.25, 0.3) is 0 Å². The molecular formula is C10H22N2O2S. The van der Waals surface area contributed by atoms with Gasteiger partial charge < -0.3 is 5.73 Å². The highest BCUT2D eigenvalue weighted by molar-refractivity contribution is 7.90. The lowest BCUT2D eigenvalue weighted by Gasteiger charge is -2.31. The van der Waals surface area contributed by atoms with Gasteiger partial charge in [0.15, 0.2) is 0 Å². The summed E-state index contributed by atoms with van der Waals surface area (Å²) in [6.45, 7) is 8.30. The van der Waals surface area contributed by atoms with Gasteiger partial charge in [-0.05, 0) is 33.1 Å². The van der Waals surface area contributed by atoms with Gasteiger partial charge in [-0.2, -0.15) is 4.31 Å². The van der Waals surface area contributed by atoms with Gasteiger partial charge in [-0.25, -0.2) is 8.42 Å². The second-order valence-corrected chi connectivity index (χ2v) is 7.94. The Morgan fingerprint density at radius 1 is 1.40 bits per heavy atom. The van der Waals surface area contributed by atoms with Crippen LogP contribution in [0.4, 0.5) is 0 Å². The average molecular weight is 234 g/mol. The van der Waals surface area contributed by atoms with E-state index < -0.39 is 14.8 Å². The van der Waals surface area contributed by atoms with Crippen LogP contribution < -0.4 is 5.73 Å². The first kappa shape index (κ1) is 12.9. The van der Waals surface area contributed by atoms with Crippen molar-refractivity contribution in [2.75, 3.05) is 13.1 Å². The first-order valence-corrected chi connectivity index (χ1v) is 6.87. The normalized spacial score (nSPS) is 29.7. The zero-order valence-electron chi connectivity index (χ0n) is 10.0. The Bertz CT molecular complexity index is 319. The smallest absolute Gasteiger partial charge is 0.219 e. The third-order valence-electron chi connectivity index (χ3n) is 3.16. The van der Waals surface area contributed by atoms with Crippen LogP contribution in [0.5, 0.6) is 0 Å². The van der Waals surface area contributed by atoms with Crippen LogP contribution in [0.1, 0.15) is 34.1 Å². The SMILES string of the molecule is CC1CCN(S(=O)(=O)C(C)(C)C)C1CN. The van der Waals surface area contributed by atoms with Gasteiger partial charge in [-0.15, -0.1) is 0 Å². The van der Waals surface area contributed by atoms with Crippen molar-refractivity contribution in [2.45, 2.75) is 44.9 Å². The molecule has 0 bridgehead atoms. The van der Waals surface area contributed by atoms with Gasteiger partial charge in [-0.1, -0.05) is 6.92 Å². The van der Waals surface area contributed by atoms with Crippen LogP contribution in [0.3, 0.4) is 0 Å². The van der Waals surface area contributed by atoms with Crippen molar-refractivity contribution in [1.82, 2.24) is 4.31 Å². The Hall–Kier alpha value is -0.130. The molecule has 2 unspecified atom stereocenters. The predicted octanol–water partition coefficient (Wildman–Crippen LogP) is 0.784. The molecule has 4 nitrogen and oxygen atoms in total. The summed E-state index contributed by atoms with van der Waals surface area (Å²) >= 11 is 0. The monoisotopic (exact) mass is 234 g/mol. The molecular weight excluding hydrogens is 212 g/mol. The first-order valence-electron chi connectivity index (χ1n) is 5.43. The largest absolute Gasteiger partial charge is 0.329 e. The summed E-state index contributed by atoms with van der Waals surface area (Å²) in [6, 6.07) is -0.0192. The van der Waals surface area contributed by atoms with Gasteiger partial charge in [-0.3, -0.25) is 0 Å². The molecule has 0 saturated carbocycles. The van der Waals surface area contributed by atoms with Crippen molar-refractivity contribution in [3.63, 3.8) is 0 Å². The van der Waals surface area contributed by atoms with Crippen LogP contribution >= 0.6 is 0 Å². The van der Waals surface area contributed by atoms with Crippen molar-refractivity contribution in [2.24, 2.45) is 11.7 Å². The minimum absolute atomic E-state index is 0.0192. The molecule has 1 heterocycles. The molecule has 1 rings (SSSR count). The highest BCUT2D eigenvalue weighted by atomic mass is 32.2. The predicted molar refractivity (Wildman–Crippen MR) is 62.0 cm³/mol. The second kappa shape index (κ2) is 4.03. The van der Waals surface area contributed by atoms with E-state index >= 15 is 0 Å². The van der Waals surface area contributed by atoms with Crippen molar-refractivity contribution in [1.29, 1.82) is 0 Å². The fourth-order valence-electron chi connectivity index (χ4n) is 1.97. The lowest BCUT2D eigenvalue weighted by atomic mass is 10.0. The van der Waals surface area contributed by atoms with E-state index in [0.29, 0.717) is 19.0 Å². The van der Waals surface area contributed by atoms with E-state index in [1.807, 2.05) is 0 Å². The minimum Gasteiger partial charge on any atom is -0.329 e. The number of sulfonamides is 1. The molecule has 0 aromatic heterocycles. The lowest BCUT2D eigenvalue weighted by molar-refractivity contribution is 0.344. The van der Waals surface area contributed by atoms with Crippen LogP contribution in [-0.2, 0) is 10.0 Å². The molecule has 2 atom stereocenters. The second-order valence-electron chi connectivity index (χ2n) is 5.30. The van der Waals surface area contributed by atoms with E-state index in [1.165, 1.54) is 0 Å². The van der Waals surface area contributed by atoms with Crippen molar-refractivity contribution in [3.05, 3.63) is 0 Å². The molecule has 2 N–H and O–H groups in total. The topological polar surface area (TPSA) is 63.4 Å². The van der Waals surface area contributed by atoms with Crippen molar-refractivity contribution in [3.8, 4) is 0 Å². The average Bonchev–Trinajstić information content (AvgIpc) is 2.44. The van der Waals surface area contributed by atoms with Gasteiger partial charge in [0.05, 0.1) is 4.75 Å². The summed E-state index contributed by atoms with van der Waals surface area (Å²) < 4.78 is 25.3. The summed E-state index contributed by atoms with van der Waals surface area (Å²) in [5, 5.41) is 0. The molecule has 0 amide bonds. The van der Waals surface area contributed by atoms with Gasteiger partial charge in [0.1, 0.15) is 0 Å². The number of hydrogen-bond donors (Lipinski definition) is 1. The Morgan fingerprint density at radius 2 is 1.93 bits per heavy atom. The molecule has 0 radical (unpaired) electrons. The van der Waals surface area contributed by atoms with Crippen LogP contribution in [-0.4, -0.2) is 36.6 Å². The summed E-state index contributed by atoms with van der Waals surface area (Å²) in [5.41, 5.74) is 5.65. The molecule has 0 spiro atoms. The summed E-state index contributed by atoms with van der Waals surface area (Å²) in [7, 11) is -3.22. The number of rotatable bonds is 2. The molecule has 15 heavy (non-hydrogen) atoms. The fourth-order valence-corrected chi connectivity index (χ4v) is 3.67. The standard InChI is InChI=1S/C10H22N2O2S/c1-8-5-6-12(9(8)7-11)15(13,14)10(2,3)4/h8-9H,5-7,11H2,1-4H3. The third kappa shape index (κ3) is 2.19. The molecule has 90 valence electrons. The van der Waals surface area contributed by atoms with E-state index in [1.54, 1.807) is 25.1 Å². The molecule has 1 aliphatic heterocycles. The Labute approximate surface area is 92.9 Å². The van der Waals surface area contributed by atoms with E-state index in [-0.39, 0.29) is 6.04 Å². The van der Waals surface area contributed by atoms with Crippen LogP contribution in [0.15, 0.2) is 0 Å². The number of nitrogens with two attached hydrogens (primary N) is 1.